The van der Waals surface area contributed by atoms with E-state index in [2.05, 4.69) is 13.0 Å². The van der Waals surface area contributed by atoms with E-state index in [1.807, 2.05) is 19.1 Å². The Balaban J connectivity index is 2.33. The summed E-state index contributed by atoms with van der Waals surface area (Å²) in [5.74, 6) is 0.798. The minimum absolute atomic E-state index is 0.0936. The van der Waals surface area contributed by atoms with Gasteiger partial charge in [-0.1, -0.05) is 6.07 Å². The number of ether oxygens (including phenoxy) is 2. The third-order valence-corrected chi connectivity index (χ3v) is 2.93. The van der Waals surface area contributed by atoms with Crippen LogP contribution in [0.25, 0.3) is 0 Å². The number of unbranched alkanes of at least 4 members (excludes halogenated alkanes) is 1. The summed E-state index contributed by atoms with van der Waals surface area (Å²) in [6.45, 7) is 4.39. The normalized spacial score (nSPS) is 10.2. The molecule has 0 heterocycles. The summed E-state index contributed by atoms with van der Waals surface area (Å²) in [7, 11) is 1.67. The molecule has 0 radical (unpaired) electrons. The van der Waals surface area contributed by atoms with Crippen LogP contribution < -0.4 is 4.74 Å². The fraction of sp³-hybridized carbons (Fsp3) is 0.533. The van der Waals surface area contributed by atoms with Gasteiger partial charge < -0.3 is 9.47 Å². The molecule has 1 aromatic rings. The van der Waals surface area contributed by atoms with Gasteiger partial charge in [-0.3, -0.25) is 4.79 Å². The average Bonchev–Trinajstić information content (AvgIpc) is 2.36. The second-order valence-electron chi connectivity index (χ2n) is 4.30. The quantitative estimate of drug-likeness (QED) is 0.550. The molecule has 0 spiro atoms. The van der Waals surface area contributed by atoms with Gasteiger partial charge in [-0.2, -0.15) is 0 Å². The molecule has 3 nitrogen and oxygen atoms in total. The molecule has 0 fully saturated rings. The van der Waals surface area contributed by atoms with E-state index in [4.69, 9.17) is 9.47 Å². The van der Waals surface area contributed by atoms with Gasteiger partial charge in [-0.15, -0.1) is 0 Å². The molecule has 0 saturated heterocycles. The molecule has 0 unspecified atom stereocenters. The lowest BCUT2D eigenvalue weighted by Gasteiger charge is -2.08. The second-order valence-corrected chi connectivity index (χ2v) is 4.30. The van der Waals surface area contributed by atoms with E-state index in [0.717, 1.165) is 25.0 Å². The molecule has 0 aliphatic rings. The minimum Gasteiger partial charge on any atom is -0.497 e. The number of benzene rings is 1. The fourth-order valence-corrected chi connectivity index (χ4v) is 1.89. The van der Waals surface area contributed by atoms with Gasteiger partial charge in [0.2, 0.25) is 0 Å². The van der Waals surface area contributed by atoms with Crippen LogP contribution in [0.1, 0.15) is 37.3 Å². The molecule has 3 heteroatoms. The number of aryl methyl sites for hydroxylation is 2. The molecule has 1 aromatic carbocycles. The van der Waals surface area contributed by atoms with Crippen molar-refractivity contribution in [1.82, 2.24) is 0 Å². The predicted octanol–water partition coefficient (Wildman–Crippen LogP) is 3.28. The molecule has 0 N–H and O–H groups in total. The van der Waals surface area contributed by atoms with Gasteiger partial charge in [0.1, 0.15) is 5.75 Å². The highest BCUT2D eigenvalue weighted by Gasteiger charge is 2.03. The van der Waals surface area contributed by atoms with Crippen LogP contribution in [0, 0.1) is 6.92 Å². The topological polar surface area (TPSA) is 35.5 Å². The molecule has 0 aromatic heterocycles. The Kier molecular flexibility index (Phi) is 6.26. The number of methoxy groups -OCH3 is 1. The van der Waals surface area contributed by atoms with E-state index in [0.29, 0.717) is 13.0 Å². The number of carbonyl (C=O) groups is 1. The fourth-order valence-electron chi connectivity index (χ4n) is 1.89. The number of hydrogen-bond donors (Lipinski definition) is 0. The van der Waals surface area contributed by atoms with Crippen LogP contribution in [0.2, 0.25) is 0 Å². The Hall–Kier alpha value is -1.51. The van der Waals surface area contributed by atoms with E-state index in [9.17, 15) is 4.79 Å². The monoisotopic (exact) mass is 250 g/mol. The number of rotatable bonds is 7. The van der Waals surface area contributed by atoms with Crippen LogP contribution in [0.5, 0.6) is 5.75 Å². The molecular formula is C15H22O3. The van der Waals surface area contributed by atoms with Crippen molar-refractivity contribution in [2.75, 3.05) is 13.7 Å². The molecular weight excluding hydrogens is 228 g/mol. The molecule has 0 aliphatic heterocycles. The van der Waals surface area contributed by atoms with Crippen LogP contribution in [0.15, 0.2) is 18.2 Å². The minimum atomic E-state index is -0.0936. The summed E-state index contributed by atoms with van der Waals surface area (Å²) >= 11 is 0. The van der Waals surface area contributed by atoms with Crippen molar-refractivity contribution in [1.29, 1.82) is 0 Å². The zero-order valence-corrected chi connectivity index (χ0v) is 11.5. The van der Waals surface area contributed by atoms with Crippen molar-refractivity contribution in [2.24, 2.45) is 0 Å². The Labute approximate surface area is 109 Å². The molecule has 18 heavy (non-hydrogen) atoms. The summed E-state index contributed by atoms with van der Waals surface area (Å²) in [5, 5.41) is 0. The van der Waals surface area contributed by atoms with Gasteiger partial charge in [0.05, 0.1) is 13.7 Å². The second kappa shape index (κ2) is 7.75. The van der Waals surface area contributed by atoms with E-state index in [-0.39, 0.29) is 5.97 Å². The van der Waals surface area contributed by atoms with Gasteiger partial charge in [0, 0.05) is 6.42 Å². The lowest BCUT2D eigenvalue weighted by atomic mass is 10.0. The zero-order chi connectivity index (χ0) is 13.4. The van der Waals surface area contributed by atoms with Gasteiger partial charge in [0.15, 0.2) is 0 Å². The first-order chi connectivity index (χ1) is 8.67. The molecule has 0 bridgehead atoms. The average molecular weight is 250 g/mol. The standard InChI is InChI=1S/C15H22O3/c1-4-18-15(16)8-6-5-7-13-9-10-14(17-3)11-12(13)2/h9-11H,4-8H2,1-3H3. The van der Waals surface area contributed by atoms with Crippen molar-refractivity contribution >= 4 is 5.97 Å². The summed E-state index contributed by atoms with van der Waals surface area (Å²) < 4.78 is 10.1. The summed E-state index contributed by atoms with van der Waals surface area (Å²) in [5.41, 5.74) is 2.56. The first kappa shape index (κ1) is 14.6. The van der Waals surface area contributed by atoms with Crippen LogP contribution in [-0.2, 0) is 16.0 Å². The van der Waals surface area contributed by atoms with E-state index < -0.39 is 0 Å². The smallest absolute Gasteiger partial charge is 0.305 e. The van der Waals surface area contributed by atoms with Gasteiger partial charge >= 0.3 is 5.97 Å². The van der Waals surface area contributed by atoms with Crippen molar-refractivity contribution in [2.45, 2.75) is 39.5 Å². The van der Waals surface area contributed by atoms with Crippen LogP contribution >= 0.6 is 0 Å². The van der Waals surface area contributed by atoms with Crippen LogP contribution in [0.3, 0.4) is 0 Å². The largest absolute Gasteiger partial charge is 0.497 e. The van der Waals surface area contributed by atoms with Gasteiger partial charge in [-0.25, -0.2) is 0 Å². The summed E-state index contributed by atoms with van der Waals surface area (Å²) in [4.78, 5) is 11.2. The van der Waals surface area contributed by atoms with Crippen molar-refractivity contribution < 1.29 is 14.3 Å². The molecule has 0 aliphatic carbocycles. The zero-order valence-electron chi connectivity index (χ0n) is 11.5. The number of esters is 1. The lowest BCUT2D eigenvalue weighted by molar-refractivity contribution is -0.143. The maximum atomic E-state index is 11.2. The van der Waals surface area contributed by atoms with Gasteiger partial charge in [0.25, 0.3) is 0 Å². The SMILES string of the molecule is CCOC(=O)CCCCc1ccc(OC)cc1C. The predicted molar refractivity (Wildman–Crippen MR) is 71.9 cm³/mol. The van der Waals surface area contributed by atoms with E-state index in [1.165, 1.54) is 11.1 Å². The molecule has 0 saturated carbocycles. The number of carbonyl (C=O) groups excluding carboxylic acids is 1. The summed E-state index contributed by atoms with van der Waals surface area (Å²) in [6.07, 6.45) is 3.40. The van der Waals surface area contributed by atoms with Crippen LogP contribution in [0.4, 0.5) is 0 Å². The highest BCUT2D eigenvalue weighted by atomic mass is 16.5. The first-order valence-corrected chi connectivity index (χ1v) is 6.46. The van der Waals surface area contributed by atoms with Crippen LogP contribution in [-0.4, -0.2) is 19.7 Å². The first-order valence-electron chi connectivity index (χ1n) is 6.46. The third-order valence-electron chi connectivity index (χ3n) is 2.93. The van der Waals surface area contributed by atoms with E-state index in [1.54, 1.807) is 7.11 Å². The molecule has 0 amide bonds. The van der Waals surface area contributed by atoms with Crippen molar-refractivity contribution in [3.63, 3.8) is 0 Å². The molecule has 1 rings (SSSR count). The number of hydrogen-bond acceptors (Lipinski definition) is 3. The Morgan fingerprint density at radius 3 is 2.67 bits per heavy atom. The maximum absolute atomic E-state index is 11.2. The highest BCUT2D eigenvalue weighted by molar-refractivity contribution is 5.69. The highest BCUT2D eigenvalue weighted by Crippen LogP contribution is 2.18. The molecule has 100 valence electrons. The van der Waals surface area contributed by atoms with Gasteiger partial charge in [-0.05, 0) is 56.4 Å². The molecule has 0 atom stereocenters. The maximum Gasteiger partial charge on any atom is 0.305 e. The van der Waals surface area contributed by atoms with E-state index >= 15 is 0 Å². The summed E-state index contributed by atoms with van der Waals surface area (Å²) in [6, 6.07) is 6.12. The third kappa shape index (κ3) is 4.78. The van der Waals surface area contributed by atoms with Crippen molar-refractivity contribution in [3.05, 3.63) is 29.3 Å². The Bertz CT molecular complexity index is 385. The Morgan fingerprint density at radius 1 is 1.28 bits per heavy atom. The van der Waals surface area contributed by atoms with Crippen molar-refractivity contribution in [3.8, 4) is 5.75 Å². The Morgan fingerprint density at radius 2 is 2.06 bits per heavy atom. The lowest BCUT2D eigenvalue weighted by Crippen LogP contribution is -2.03.